The molecule has 32 heavy (non-hydrogen) atoms. The maximum atomic E-state index is 12.3. The minimum absolute atomic E-state index is 0.235. The van der Waals surface area contributed by atoms with Gasteiger partial charge in [0, 0.05) is 41.2 Å². The highest BCUT2D eigenvalue weighted by atomic mass is 16.1. The van der Waals surface area contributed by atoms with Crippen LogP contribution in [0.3, 0.4) is 0 Å². The molecule has 1 heterocycles. The second-order valence-corrected chi connectivity index (χ2v) is 7.03. The molecule has 0 fully saturated rings. The van der Waals surface area contributed by atoms with E-state index in [1.807, 2.05) is 67.7 Å². The van der Waals surface area contributed by atoms with Gasteiger partial charge in [-0.05, 0) is 42.0 Å². The number of anilines is 2. The number of H-pyrrole nitrogens is 1. The van der Waals surface area contributed by atoms with Crippen LogP contribution in [0.5, 0.6) is 0 Å². The van der Waals surface area contributed by atoms with E-state index in [1.165, 1.54) is 12.4 Å². The van der Waals surface area contributed by atoms with Crippen molar-refractivity contribution < 1.29 is 4.79 Å². The molecule has 0 saturated carbocycles. The van der Waals surface area contributed by atoms with Crippen molar-refractivity contribution in [3.8, 4) is 11.4 Å². The molecule has 0 aliphatic rings. The Hall–Kier alpha value is -4.52. The highest BCUT2D eigenvalue weighted by Gasteiger charge is 2.13. The number of benzene rings is 3. The number of carbonyl (C=O) groups excluding carboxylic acids is 1. The van der Waals surface area contributed by atoms with E-state index < -0.39 is 0 Å². The van der Waals surface area contributed by atoms with Crippen molar-refractivity contribution in [1.29, 1.82) is 5.41 Å². The number of nitrogens with zero attached hydrogens (tertiary/aromatic N) is 2. The van der Waals surface area contributed by atoms with Gasteiger partial charge in [0.15, 0.2) is 5.82 Å². The lowest BCUT2D eigenvalue weighted by molar-refractivity contribution is -0.111. The Morgan fingerprint density at radius 1 is 1.03 bits per heavy atom. The van der Waals surface area contributed by atoms with Crippen LogP contribution in [0.25, 0.3) is 17.5 Å². The lowest BCUT2D eigenvalue weighted by atomic mass is 9.98. The fourth-order valence-electron chi connectivity index (χ4n) is 3.29. The third-order valence-corrected chi connectivity index (χ3v) is 4.89. The molecule has 0 spiro atoms. The average Bonchev–Trinajstić information content (AvgIpc) is 3.38. The molecule has 0 aliphatic carbocycles. The van der Waals surface area contributed by atoms with Crippen molar-refractivity contribution in [1.82, 2.24) is 15.2 Å². The SMILES string of the molecule is CNc1ccc(-c2ncn[nH]2)cc1C(=N)c1cccc(NC(=O)/C=C/c2ccccc2)c1. The Kier molecular flexibility index (Phi) is 6.17. The number of hydrogen-bond acceptors (Lipinski definition) is 5. The first kappa shape index (κ1) is 20.7. The third-order valence-electron chi connectivity index (χ3n) is 4.89. The first-order valence-corrected chi connectivity index (χ1v) is 10.0. The van der Waals surface area contributed by atoms with Crippen LogP contribution in [0, 0.1) is 5.41 Å². The van der Waals surface area contributed by atoms with Gasteiger partial charge in [0.05, 0.1) is 5.71 Å². The molecule has 0 unspecified atom stereocenters. The quantitative estimate of drug-likeness (QED) is 0.258. The second kappa shape index (κ2) is 9.53. The molecule has 4 N–H and O–H groups in total. The number of aromatic amines is 1. The molecular weight excluding hydrogens is 400 g/mol. The minimum atomic E-state index is -0.235. The van der Waals surface area contributed by atoms with Crippen molar-refractivity contribution in [3.05, 3.63) is 102 Å². The van der Waals surface area contributed by atoms with E-state index >= 15 is 0 Å². The summed E-state index contributed by atoms with van der Waals surface area (Å²) in [6.07, 6.45) is 4.70. The molecule has 158 valence electrons. The second-order valence-electron chi connectivity index (χ2n) is 7.03. The first-order valence-electron chi connectivity index (χ1n) is 10.0. The Labute approximate surface area is 185 Å². The Bertz CT molecular complexity index is 1260. The number of rotatable bonds is 7. The molecule has 7 nitrogen and oxygen atoms in total. The summed E-state index contributed by atoms with van der Waals surface area (Å²) in [6, 6.07) is 22.6. The van der Waals surface area contributed by atoms with E-state index in [1.54, 1.807) is 18.2 Å². The van der Waals surface area contributed by atoms with Crippen LogP contribution < -0.4 is 10.6 Å². The summed E-state index contributed by atoms with van der Waals surface area (Å²) < 4.78 is 0. The Balaban J connectivity index is 1.55. The maximum absolute atomic E-state index is 12.3. The molecule has 4 aromatic rings. The average molecular weight is 422 g/mol. The molecule has 0 aliphatic heterocycles. The van der Waals surface area contributed by atoms with E-state index in [-0.39, 0.29) is 5.91 Å². The van der Waals surface area contributed by atoms with Gasteiger partial charge in [-0.25, -0.2) is 4.98 Å². The standard InChI is InChI=1S/C25H22N6O/c1-27-22-12-11-19(25-28-16-29-31-25)15-21(22)24(26)18-8-5-9-20(14-18)30-23(32)13-10-17-6-3-2-4-7-17/h2-16,26-27H,1H3,(H,30,32)(H,28,29,31)/b13-10+,26-24?. The van der Waals surface area contributed by atoms with Gasteiger partial charge in [-0.15, -0.1) is 0 Å². The summed E-state index contributed by atoms with van der Waals surface area (Å²) in [6.45, 7) is 0. The Morgan fingerprint density at radius 3 is 2.62 bits per heavy atom. The molecule has 0 radical (unpaired) electrons. The zero-order chi connectivity index (χ0) is 22.3. The van der Waals surface area contributed by atoms with Gasteiger partial charge in [-0.1, -0.05) is 42.5 Å². The predicted octanol–water partition coefficient (Wildman–Crippen LogP) is 4.58. The monoisotopic (exact) mass is 422 g/mol. The first-order chi connectivity index (χ1) is 15.6. The van der Waals surface area contributed by atoms with Gasteiger partial charge in [0.2, 0.25) is 5.91 Å². The molecule has 0 bridgehead atoms. The smallest absolute Gasteiger partial charge is 0.248 e. The molecular formula is C25H22N6O. The zero-order valence-corrected chi connectivity index (χ0v) is 17.5. The number of amides is 1. The fraction of sp³-hybridized carbons (Fsp3) is 0.0400. The topological polar surface area (TPSA) is 107 Å². The summed E-state index contributed by atoms with van der Waals surface area (Å²) in [5, 5.41) is 21.5. The number of carbonyl (C=O) groups is 1. The van der Waals surface area contributed by atoms with Crippen molar-refractivity contribution in [2.75, 3.05) is 17.7 Å². The van der Waals surface area contributed by atoms with Crippen LogP contribution >= 0.6 is 0 Å². The van der Waals surface area contributed by atoms with Crippen LogP contribution in [-0.4, -0.2) is 33.8 Å². The van der Waals surface area contributed by atoms with Crippen LogP contribution in [0.4, 0.5) is 11.4 Å². The van der Waals surface area contributed by atoms with Gasteiger partial charge in [0.25, 0.3) is 0 Å². The largest absolute Gasteiger partial charge is 0.388 e. The number of nitrogens with one attached hydrogen (secondary N) is 4. The summed E-state index contributed by atoms with van der Waals surface area (Å²) in [4.78, 5) is 16.5. The highest BCUT2D eigenvalue weighted by Crippen LogP contribution is 2.26. The van der Waals surface area contributed by atoms with Crippen LogP contribution in [0.2, 0.25) is 0 Å². The van der Waals surface area contributed by atoms with Crippen molar-refractivity contribution >= 4 is 29.1 Å². The molecule has 1 aromatic heterocycles. The number of hydrogen-bond donors (Lipinski definition) is 4. The third kappa shape index (κ3) is 4.79. The zero-order valence-electron chi connectivity index (χ0n) is 17.5. The summed E-state index contributed by atoms with van der Waals surface area (Å²) in [7, 11) is 1.82. The van der Waals surface area contributed by atoms with Crippen LogP contribution in [0.15, 0.2) is 85.2 Å². The van der Waals surface area contributed by atoms with Gasteiger partial charge < -0.3 is 10.6 Å². The van der Waals surface area contributed by atoms with Crippen molar-refractivity contribution in [2.24, 2.45) is 0 Å². The molecule has 7 heteroatoms. The molecule has 0 saturated heterocycles. The van der Waals surface area contributed by atoms with Crippen molar-refractivity contribution in [3.63, 3.8) is 0 Å². The summed E-state index contributed by atoms with van der Waals surface area (Å²) in [5.74, 6) is 0.397. The van der Waals surface area contributed by atoms with Gasteiger partial charge in [-0.3, -0.25) is 15.3 Å². The molecule has 1 amide bonds. The summed E-state index contributed by atoms with van der Waals surface area (Å²) >= 11 is 0. The van der Waals surface area contributed by atoms with E-state index in [2.05, 4.69) is 25.8 Å². The molecule has 3 aromatic carbocycles. The number of aromatic nitrogens is 3. The molecule has 0 atom stereocenters. The normalized spacial score (nSPS) is 10.8. The lowest BCUT2D eigenvalue weighted by Crippen LogP contribution is -2.10. The predicted molar refractivity (Wildman–Crippen MR) is 128 cm³/mol. The Morgan fingerprint density at radius 2 is 1.88 bits per heavy atom. The van der Waals surface area contributed by atoms with Gasteiger partial charge in [0.1, 0.15) is 6.33 Å². The van der Waals surface area contributed by atoms with E-state index in [9.17, 15) is 4.79 Å². The van der Waals surface area contributed by atoms with E-state index in [0.717, 1.165) is 16.8 Å². The minimum Gasteiger partial charge on any atom is -0.388 e. The fourth-order valence-corrected chi connectivity index (χ4v) is 3.29. The van der Waals surface area contributed by atoms with Gasteiger partial charge in [-0.2, -0.15) is 5.10 Å². The van der Waals surface area contributed by atoms with Crippen molar-refractivity contribution in [2.45, 2.75) is 0 Å². The summed E-state index contributed by atoms with van der Waals surface area (Å²) in [5.41, 5.74) is 4.94. The maximum Gasteiger partial charge on any atom is 0.248 e. The van der Waals surface area contributed by atoms with Gasteiger partial charge >= 0.3 is 0 Å². The van der Waals surface area contributed by atoms with Crippen LogP contribution in [-0.2, 0) is 4.79 Å². The lowest BCUT2D eigenvalue weighted by Gasteiger charge is -2.13. The highest BCUT2D eigenvalue weighted by molar-refractivity contribution is 6.15. The van der Waals surface area contributed by atoms with Crippen LogP contribution in [0.1, 0.15) is 16.7 Å². The van der Waals surface area contributed by atoms with E-state index in [4.69, 9.17) is 5.41 Å². The van der Waals surface area contributed by atoms with E-state index in [0.29, 0.717) is 28.4 Å². The molecule has 4 rings (SSSR count).